The highest BCUT2D eigenvalue weighted by atomic mass is 35.5. The van der Waals surface area contributed by atoms with Gasteiger partial charge in [-0.2, -0.15) is 0 Å². The van der Waals surface area contributed by atoms with E-state index in [1.165, 1.54) is 25.7 Å². The summed E-state index contributed by atoms with van der Waals surface area (Å²) in [6.45, 7) is 1.41. The topological polar surface area (TPSA) is 47.0 Å². The quantitative estimate of drug-likeness (QED) is 0.805. The number of hydrogen-bond acceptors (Lipinski definition) is 4. The van der Waals surface area contributed by atoms with Gasteiger partial charge in [-0.15, -0.1) is 0 Å². The molecule has 0 unspecified atom stereocenters. The molecule has 0 aliphatic heterocycles. The van der Waals surface area contributed by atoms with E-state index < -0.39 is 0 Å². The Kier molecular flexibility index (Phi) is 4.36. The van der Waals surface area contributed by atoms with Crippen molar-refractivity contribution in [1.82, 2.24) is 9.97 Å². The number of hydrogen-bond donors (Lipinski definition) is 1. The Morgan fingerprint density at radius 2 is 2.06 bits per heavy atom. The summed E-state index contributed by atoms with van der Waals surface area (Å²) in [5.41, 5.74) is 0. The molecule has 1 N–H and O–H groups in total. The molecule has 1 aromatic heterocycles. The highest BCUT2D eigenvalue weighted by Crippen LogP contribution is 2.20. The molecule has 16 heavy (non-hydrogen) atoms. The Bertz CT molecular complexity index is 329. The Hall–Kier alpha value is -0.870. The van der Waals surface area contributed by atoms with Gasteiger partial charge in [-0.3, -0.25) is 0 Å². The molecular formula is C11H16ClN3O. The molecular weight excluding hydrogens is 226 g/mol. The predicted octanol–water partition coefficient (Wildman–Crippen LogP) is 2.50. The van der Waals surface area contributed by atoms with Crippen molar-refractivity contribution >= 4 is 17.4 Å². The van der Waals surface area contributed by atoms with Crippen molar-refractivity contribution in [2.45, 2.75) is 31.8 Å². The van der Waals surface area contributed by atoms with E-state index in [1.807, 2.05) is 0 Å². The number of ether oxygens (including phenoxy) is 1. The fourth-order valence-electron chi connectivity index (χ4n) is 1.89. The fraction of sp³-hybridized carbons (Fsp3) is 0.636. The van der Waals surface area contributed by atoms with Gasteiger partial charge in [0.25, 0.3) is 0 Å². The van der Waals surface area contributed by atoms with E-state index in [9.17, 15) is 0 Å². The van der Waals surface area contributed by atoms with Gasteiger partial charge in [0.15, 0.2) is 11.0 Å². The molecule has 1 aliphatic rings. The molecule has 1 fully saturated rings. The molecule has 0 aromatic carbocycles. The largest absolute Gasteiger partial charge is 0.376 e. The number of rotatable bonds is 5. The number of aromatic nitrogens is 2. The molecule has 0 saturated heterocycles. The summed E-state index contributed by atoms with van der Waals surface area (Å²) in [5, 5.41) is 3.51. The van der Waals surface area contributed by atoms with Crippen LogP contribution >= 0.6 is 11.6 Å². The molecule has 1 heterocycles. The monoisotopic (exact) mass is 241 g/mol. The zero-order valence-corrected chi connectivity index (χ0v) is 9.91. The molecule has 0 amide bonds. The van der Waals surface area contributed by atoms with Crippen molar-refractivity contribution < 1.29 is 4.74 Å². The van der Waals surface area contributed by atoms with Gasteiger partial charge in [0, 0.05) is 18.9 Å². The summed E-state index contributed by atoms with van der Waals surface area (Å²) < 4.78 is 5.71. The van der Waals surface area contributed by atoms with Crippen molar-refractivity contribution in [3.05, 3.63) is 17.5 Å². The van der Waals surface area contributed by atoms with Gasteiger partial charge < -0.3 is 10.1 Å². The molecule has 1 aliphatic carbocycles. The van der Waals surface area contributed by atoms with Crippen molar-refractivity contribution in [2.24, 2.45) is 0 Å². The summed E-state index contributed by atoms with van der Waals surface area (Å²) in [5.74, 6) is 0.624. The lowest BCUT2D eigenvalue weighted by Crippen LogP contribution is -2.16. The zero-order valence-electron chi connectivity index (χ0n) is 9.16. The Morgan fingerprint density at radius 1 is 1.31 bits per heavy atom. The van der Waals surface area contributed by atoms with E-state index in [0.29, 0.717) is 23.7 Å². The molecule has 1 aromatic rings. The SMILES string of the molecule is Clc1nccnc1NCCOC1CCCC1. The first-order valence-corrected chi connectivity index (χ1v) is 6.06. The van der Waals surface area contributed by atoms with Gasteiger partial charge in [0.2, 0.25) is 0 Å². The first-order chi connectivity index (χ1) is 7.86. The maximum atomic E-state index is 5.85. The highest BCUT2D eigenvalue weighted by molar-refractivity contribution is 6.31. The minimum atomic E-state index is 0.406. The number of anilines is 1. The average Bonchev–Trinajstić information content (AvgIpc) is 2.79. The average molecular weight is 242 g/mol. The molecule has 2 rings (SSSR count). The summed E-state index contributed by atoms with van der Waals surface area (Å²) in [6.07, 6.45) is 8.65. The van der Waals surface area contributed by atoms with Crippen molar-refractivity contribution in [3.8, 4) is 0 Å². The first kappa shape index (κ1) is 11.6. The number of halogens is 1. The van der Waals surface area contributed by atoms with Crippen LogP contribution in [-0.4, -0.2) is 29.2 Å². The number of nitrogens with one attached hydrogen (secondary N) is 1. The third-order valence-corrected chi connectivity index (χ3v) is 2.98. The van der Waals surface area contributed by atoms with E-state index in [2.05, 4.69) is 15.3 Å². The number of nitrogens with zero attached hydrogens (tertiary/aromatic N) is 2. The smallest absolute Gasteiger partial charge is 0.171 e. The van der Waals surface area contributed by atoms with Crippen LogP contribution < -0.4 is 5.32 Å². The second-order valence-electron chi connectivity index (χ2n) is 3.90. The Morgan fingerprint density at radius 3 is 2.81 bits per heavy atom. The normalized spacial score (nSPS) is 16.6. The molecule has 0 bridgehead atoms. The summed E-state index contributed by atoms with van der Waals surface area (Å²) >= 11 is 5.85. The van der Waals surface area contributed by atoms with Gasteiger partial charge in [0.1, 0.15) is 0 Å². The summed E-state index contributed by atoms with van der Waals surface area (Å²) in [7, 11) is 0. The molecule has 1 saturated carbocycles. The lowest BCUT2D eigenvalue weighted by Gasteiger charge is -2.11. The van der Waals surface area contributed by atoms with Crippen LogP contribution in [0, 0.1) is 0 Å². The second-order valence-corrected chi connectivity index (χ2v) is 4.26. The van der Waals surface area contributed by atoms with Gasteiger partial charge in [-0.1, -0.05) is 24.4 Å². The second kappa shape index (κ2) is 6.01. The lowest BCUT2D eigenvalue weighted by atomic mass is 10.3. The molecule has 0 atom stereocenters. The van der Waals surface area contributed by atoms with E-state index in [0.717, 1.165) is 6.54 Å². The molecule has 88 valence electrons. The lowest BCUT2D eigenvalue weighted by molar-refractivity contribution is 0.0658. The Balaban J connectivity index is 1.66. The standard InChI is InChI=1S/C11H16ClN3O/c12-10-11(14-6-5-13-10)15-7-8-16-9-3-1-2-4-9/h5-6,9H,1-4,7-8H2,(H,14,15). The van der Waals surface area contributed by atoms with Crippen LogP contribution in [0.3, 0.4) is 0 Å². The van der Waals surface area contributed by atoms with Gasteiger partial charge in [0.05, 0.1) is 12.7 Å². The van der Waals surface area contributed by atoms with E-state index in [4.69, 9.17) is 16.3 Å². The van der Waals surface area contributed by atoms with Crippen LogP contribution in [0.4, 0.5) is 5.82 Å². The van der Waals surface area contributed by atoms with E-state index in [1.54, 1.807) is 12.4 Å². The third-order valence-electron chi connectivity index (χ3n) is 2.70. The predicted molar refractivity (Wildman–Crippen MR) is 63.7 cm³/mol. The molecule has 0 radical (unpaired) electrons. The maximum absolute atomic E-state index is 5.85. The van der Waals surface area contributed by atoms with Crippen LogP contribution in [0.15, 0.2) is 12.4 Å². The molecule has 0 spiro atoms. The van der Waals surface area contributed by atoms with Gasteiger partial charge >= 0.3 is 0 Å². The maximum Gasteiger partial charge on any atom is 0.171 e. The minimum Gasteiger partial charge on any atom is -0.376 e. The van der Waals surface area contributed by atoms with Crippen LogP contribution in [0.1, 0.15) is 25.7 Å². The van der Waals surface area contributed by atoms with E-state index >= 15 is 0 Å². The molecule has 5 heteroatoms. The van der Waals surface area contributed by atoms with E-state index in [-0.39, 0.29) is 0 Å². The first-order valence-electron chi connectivity index (χ1n) is 5.68. The summed E-state index contributed by atoms with van der Waals surface area (Å²) in [6, 6.07) is 0. The zero-order chi connectivity index (χ0) is 11.2. The Labute approximate surface area is 100 Å². The van der Waals surface area contributed by atoms with Crippen LogP contribution in [0.25, 0.3) is 0 Å². The van der Waals surface area contributed by atoms with Gasteiger partial charge in [-0.05, 0) is 12.8 Å². The van der Waals surface area contributed by atoms with Crippen LogP contribution in [0.2, 0.25) is 5.15 Å². The fourth-order valence-corrected chi connectivity index (χ4v) is 2.06. The van der Waals surface area contributed by atoms with Crippen molar-refractivity contribution in [2.75, 3.05) is 18.5 Å². The highest BCUT2D eigenvalue weighted by Gasteiger charge is 2.14. The van der Waals surface area contributed by atoms with Gasteiger partial charge in [-0.25, -0.2) is 9.97 Å². The van der Waals surface area contributed by atoms with Crippen molar-refractivity contribution in [3.63, 3.8) is 0 Å². The van der Waals surface area contributed by atoms with Crippen molar-refractivity contribution in [1.29, 1.82) is 0 Å². The van der Waals surface area contributed by atoms with Crippen LogP contribution in [-0.2, 0) is 4.74 Å². The third kappa shape index (κ3) is 3.32. The minimum absolute atomic E-state index is 0.406. The van der Waals surface area contributed by atoms with Crippen LogP contribution in [0.5, 0.6) is 0 Å². The summed E-state index contributed by atoms with van der Waals surface area (Å²) in [4.78, 5) is 8.02. The molecule has 4 nitrogen and oxygen atoms in total.